The molecule has 98 valence electrons. The molecule has 0 aliphatic carbocycles. The molecule has 1 aliphatic rings. The van der Waals surface area contributed by atoms with E-state index in [0.717, 1.165) is 16.5 Å². The van der Waals surface area contributed by atoms with Gasteiger partial charge in [-0.05, 0) is 33.8 Å². The molecular weight excluding hydrogens is 236 g/mol. The minimum absolute atomic E-state index is 0.159. The molecule has 0 radical (unpaired) electrons. The van der Waals surface area contributed by atoms with Crippen LogP contribution in [0, 0.1) is 5.41 Å². The lowest BCUT2D eigenvalue weighted by Gasteiger charge is -2.24. The molecule has 0 spiro atoms. The van der Waals surface area contributed by atoms with Crippen LogP contribution in [0.4, 0.5) is 5.88 Å². The molecule has 0 fully saturated rings. The van der Waals surface area contributed by atoms with Gasteiger partial charge in [-0.1, -0.05) is 18.2 Å². The van der Waals surface area contributed by atoms with Gasteiger partial charge >= 0.3 is 0 Å². The van der Waals surface area contributed by atoms with Crippen molar-refractivity contribution in [1.82, 2.24) is 0 Å². The van der Waals surface area contributed by atoms with E-state index in [1.807, 2.05) is 30.6 Å². The average molecular weight is 254 g/mol. The lowest BCUT2D eigenvalue weighted by Crippen LogP contribution is -2.22. The smallest absolute Gasteiger partial charge is 0.225 e. The van der Waals surface area contributed by atoms with Crippen LogP contribution in [0.3, 0.4) is 0 Å². The highest BCUT2D eigenvalue weighted by Gasteiger charge is 2.30. The second kappa shape index (κ2) is 3.80. The fourth-order valence-electron chi connectivity index (χ4n) is 2.37. The Bertz CT molecular complexity index is 690. The molecule has 2 aromatic rings. The number of nitrogens with zero attached hydrogens (tertiary/aromatic N) is 2. The summed E-state index contributed by atoms with van der Waals surface area (Å²) >= 11 is 0. The van der Waals surface area contributed by atoms with Gasteiger partial charge in [-0.2, -0.15) is 0 Å². The van der Waals surface area contributed by atoms with E-state index >= 15 is 0 Å². The number of furan rings is 1. The first-order chi connectivity index (χ1) is 8.89. The van der Waals surface area contributed by atoms with Crippen molar-refractivity contribution < 1.29 is 4.42 Å². The maximum absolute atomic E-state index is 5.88. The highest BCUT2D eigenvalue weighted by Crippen LogP contribution is 2.42. The predicted octanol–water partition coefficient (Wildman–Crippen LogP) is 4.48. The SMILES string of the molecule is CC1(C)/C=N\c2oc3ccccc3c2C(C)(C)/N=C\1. The molecule has 0 bridgehead atoms. The molecule has 0 amide bonds. The Balaban J connectivity index is 2.35. The molecule has 19 heavy (non-hydrogen) atoms. The van der Waals surface area contributed by atoms with Crippen molar-refractivity contribution in [2.24, 2.45) is 15.4 Å². The van der Waals surface area contributed by atoms with E-state index in [4.69, 9.17) is 9.41 Å². The Hall–Kier alpha value is -1.90. The number of benzene rings is 1. The largest absolute Gasteiger partial charge is 0.438 e. The summed E-state index contributed by atoms with van der Waals surface area (Å²) in [5.74, 6) is 0.677. The van der Waals surface area contributed by atoms with Gasteiger partial charge in [-0.15, -0.1) is 0 Å². The van der Waals surface area contributed by atoms with Gasteiger partial charge < -0.3 is 4.42 Å². The van der Waals surface area contributed by atoms with Crippen LogP contribution in [0.15, 0.2) is 38.7 Å². The van der Waals surface area contributed by atoms with Crippen LogP contribution in [-0.2, 0) is 5.54 Å². The van der Waals surface area contributed by atoms with Gasteiger partial charge in [-0.3, -0.25) is 4.99 Å². The summed E-state index contributed by atoms with van der Waals surface area (Å²) in [4.78, 5) is 9.31. The molecule has 3 heteroatoms. The van der Waals surface area contributed by atoms with Crippen LogP contribution < -0.4 is 0 Å². The molecule has 0 atom stereocenters. The fraction of sp³-hybridized carbons (Fsp3) is 0.375. The summed E-state index contributed by atoms with van der Waals surface area (Å²) in [5, 5.41) is 1.09. The third-order valence-electron chi connectivity index (χ3n) is 3.42. The molecule has 0 N–H and O–H groups in total. The summed E-state index contributed by atoms with van der Waals surface area (Å²) in [7, 11) is 0. The zero-order valence-electron chi connectivity index (χ0n) is 11.8. The minimum Gasteiger partial charge on any atom is -0.438 e. The third kappa shape index (κ3) is 1.99. The Morgan fingerprint density at radius 2 is 1.74 bits per heavy atom. The van der Waals surface area contributed by atoms with E-state index in [1.165, 1.54) is 0 Å². The van der Waals surface area contributed by atoms with Crippen LogP contribution >= 0.6 is 0 Å². The number of fused-ring (bicyclic) bond motifs is 3. The summed E-state index contributed by atoms with van der Waals surface area (Å²) in [6.45, 7) is 8.37. The molecule has 1 aromatic heterocycles. The Morgan fingerprint density at radius 3 is 2.53 bits per heavy atom. The van der Waals surface area contributed by atoms with Crippen molar-refractivity contribution in [3.05, 3.63) is 29.8 Å². The third-order valence-corrected chi connectivity index (χ3v) is 3.42. The first-order valence-electron chi connectivity index (χ1n) is 6.53. The van der Waals surface area contributed by atoms with Gasteiger partial charge in [0.2, 0.25) is 5.88 Å². The van der Waals surface area contributed by atoms with E-state index in [1.54, 1.807) is 0 Å². The van der Waals surface area contributed by atoms with Crippen LogP contribution in [0.2, 0.25) is 0 Å². The molecule has 3 rings (SSSR count). The van der Waals surface area contributed by atoms with Gasteiger partial charge in [-0.25, -0.2) is 4.99 Å². The fourth-order valence-corrected chi connectivity index (χ4v) is 2.37. The molecule has 3 nitrogen and oxygen atoms in total. The number of hydrogen-bond donors (Lipinski definition) is 0. The lowest BCUT2D eigenvalue weighted by atomic mass is 9.90. The second-order valence-electron chi connectivity index (χ2n) is 6.18. The zero-order chi connectivity index (χ0) is 13.7. The first kappa shape index (κ1) is 12.2. The van der Waals surface area contributed by atoms with Crippen LogP contribution in [0.25, 0.3) is 11.0 Å². The van der Waals surface area contributed by atoms with Gasteiger partial charge in [0, 0.05) is 23.2 Å². The Morgan fingerprint density at radius 1 is 1.00 bits per heavy atom. The average Bonchev–Trinajstić information content (AvgIpc) is 2.72. The summed E-state index contributed by atoms with van der Waals surface area (Å²) in [6.07, 6.45) is 3.87. The van der Waals surface area contributed by atoms with Crippen molar-refractivity contribution in [3.63, 3.8) is 0 Å². The van der Waals surface area contributed by atoms with Crippen molar-refractivity contribution in [1.29, 1.82) is 0 Å². The van der Waals surface area contributed by atoms with E-state index in [2.05, 4.69) is 38.8 Å². The number of hydrogen-bond acceptors (Lipinski definition) is 3. The second-order valence-corrected chi connectivity index (χ2v) is 6.18. The zero-order valence-corrected chi connectivity index (χ0v) is 11.8. The standard InChI is InChI=1S/C16H18N2O/c1-15(2)9-17-14-13(16(3,4)18-10-15)11-7-5-6-8-12(11)19-14/h5-10H,1-4H3/b17-9-,18-10-. The predicted molar refractivity (Wildman–Crippen MR) is 79.7 cm³/mol. The highest BCUT2D eigenvalue weighted by atomic mass is 16.3. The van der Waals surface area contributed by atoms with Crippen molar-refractivity contribution in [2.75, 3.05) is 0 Å². The number of rotatable bonds is 0. The van der Waals surface area contributed by atoms with Gasteiger partial charge in [0.25, 0.3) is 0 Å². The first-order valence-corrected chi connectivity index (χ1v) is 6.53. The normalized spacial score (nSPS) is 23.4. The molecule has 1 aromatic carbocycles. The monoisotopic (exact) mass is 254 g/mol. The number of para-hydroxylation sites is 1. The van der Waals surface area contributed by atoms with Crippen LogP contribution in [0.1, 0.15) is 33.3 Å². The van der Waals surface area contributed by atoms with Gasteiger partial charge in [0.05, 0.1) is 11.1 Å². The van der Waals surface area contributed by atoms with Crippen molar-refractivity contribution in [2.45, 2.75) is 33.2 Å². The molecule has 0 saturated carbocycles. The van der Waals surface area contributed by atoms with E-state index in [9.17, 15) is 0 Å². The van der Waals surface area contributed by atoms with E-state index in [0.29, 0.717) is 5.88 Å². The minimum atomic E-state index is -0.336. The van der Waals surface area contributed by atoms with Crippen LogP contribution in [0.5, 0.6) is 0 Å². The van der Waals surface area contributed by atoms with Crippen molar-refractivity contribution >= 4 is 29.3 Å². The van der Waals surface area contributed by atoms with Crippen molar-refractivity contribution in [3.8, 4) is 0 Å². The molecule has 0 saturated heterocycles. The van der Waals surface area contributed by atoms with Crippen LogP contribution in [-0.4, -0.2) is 12.4 Å². The molecule has 2 heterocycles. The lowest BCUT2D eigenvalue weighted by molar-refractivity contribution is 0.534. The van der Waals surface area contributed by atoms with Gasteiger partial charge in [0.15, 0.2) is 0 Å². The maximum atomic E-state index is 5.88. The van der Waals surface area contributed by atoms with E-state index < -0.39 is 0 Å². The Labute approximate surface area is 113 Å². The molecule has 0 unspecified atom stereocenters. The topological polar surface area (TPSA) is 37.9 Å². The quantitative estimate of drug-likeness (QED) is 0.683. The Kier molecular flexibility index (Phi) is 2.43. The summed E-state index contributed by atoms with van der Waals surface area (Å²) in [5.41, 5.74) is 1.43. The molecular formula is C16H18N2O. The van der Waals surface area contributed by atoms with E-state index in [-0.39, 0.29) is 11.0 Å². The number of aliphatic imine (C=N–C) groups is 2. The van der Waals surface area contributed by atoms with Gasteiger partial charge in [0.1, 0.15) is 5.58 Å². The maximum Gasteiger partial charge on any atom is 0.225 e. The summed E-state index contributed by atoms with van der Waals surface area (Å²) in [6, 6.07) is 8.03. The highest BCUT2D eigenvalue weighted by molar-refractivity contribution is 5.93. The summed E-state index contributed by atoms with van der Waals surface area (Å²) < 4.78 is 5.88. The molecule has 1 aliphatic heterocycles.